The number of hydrogen-bond donors (Lipinski definition) is 2. The number of thiazole rings is 1. The fourth-order valence-electron chi connectivity index (χ4n) is 1.23. The Morgan fingerprint density at radius 2 is 2.14 bits per heavy atom. The Hall–Kier alpha value is -0.850. The minimum absolute atomic E-state index is 0.169. The molecule has 0 bridgehead atoms. The van der Waals surface area contributed by atoms with E-state index in [1.165, 1.54) is 11.3 Å². The number of nitrogens with zero attached hydrogens (tertiary/aromatic N) is 1. The van der Waals surface area contributed by atoms with Crippen LogP contribution in [-0.2, 0) is 9.47 Å². The van der Waals surface area contributed by atoms with Gasteiger partial charge < -0.3 is 20.5 Å². The average molecular weight is 215 g/mol. The van der Waals surface area contributed by atoms with Crippen molar-refractivity contribution >= 4 is 21.5 Å². The molecule has 1 aliphatic rings. The molecule has 0 saturated carbocycles. The van der Waals surface area contributed by atoms with Crippen molar-refractivity contribution in [1.29, 1.82) is 0 Å². The van der Waals surface area contributed by atoms with Crippen LogP contribution in [0, 0.1) is 0 Å². The Morgan fingerprint density at radius 1 is 1.43 bits per heavy atom. The molecule has 0 spiro atoms. The normalized spacial score (nSPS) is 19.1. The van der Waals surface area contributed by atoms with Gasteiger partial charge in [-0.3, -0.25) is 0 Å². The van der Waals surface area contributed by atoms with Crippen molar-refractivity contribution in [1.82, 2.24) is 4.98 Å². The van der Waals surface area contributed by atoms with Crippen LogP contribution in [0.5, 0.6) is 0 Å². The molecule has 0 aromatic carbocycles. The molecule has 0 aliphatic carbocycles. The molecule has 5 nitrogen and oxygen atoms in total. The number of aromatic nitrogens is 1. The molecule has 1 aromatic heterocycles. The molecule has 1 aliphatic heterocycles. The zero-order valence-corrected chi connectivity index (χ0v) is 8.55. The lowest BCUT2D eigenvalue weighted by molar-refractivity contribution is 0.103. The predicted octanol–water partition coefficient (Wildman–Crippen LogP) is 0.553. The highest BCUT2D eigenvalue weighted by atomic mass is 32.1. The number of anilines is 2. The maximum Gasteiger partial charge on any atom is 0.184 e. The third-order valence-electron chi connectivity index (χ3n) is 1.86. The fraction of sp³-hybridized carbons (Fsp3) is 0.625. The Bertz CT molecular complexity index is 284. The third-order valence-corrected chi connectivity index (χ3v) is 2.62. The largest absolute Gasteiger partial charge is 0.389 e. The van der Waals surface area contributed by atoms with Gasteiger partial charge in [-0.2, -0.15) is 0 Å². The molecule has 0 amide bonds. The lowest BCUT2D eigenvalue weighted by atomic mass is 10.3. The summed E-state index contributed by atoms with van der Waals surface area (Å²) in [6.07, 6.45) is 1.64. The van der Waals surface area contributed by atoms with E-state index in [2.05, 4.69) is 10.3 Å². The number of rotatable bonds is 2. The molecule has 0 atom stereocenters. The van der Waals surface area contributed by atoms with Crippen molar-refractivity contribution in [2.75, 3.05) is 37.5 Å². The number of ether oxygens (including phenoxy) is 2. The van der Waals surface area contributed by atoms with Crippen LogP contribution in [-0.4, -0.2) is 37.5 Å². The van der Waals surface area contributed by atoms with Crippen molar-refractivity contribution in [3.8, 4) is 0 Å². The summed E-state index contributed by atoms with van der Waals surface area (Å²) >= 11 is 1.43. The Morgan fingerprint density at radius 3 is 2.71 bits per heavy atom. The van der Waals surface area contributed by atoms with Crippen molar-refractivity contribution in [3.63, 3.8) is 0 Å². The van der Waals surface area contributed by atoms with Crippen LogP contribution in [0.4, 0.5) is 10.1 Å². The topological polar surface area (TPSA) is 69.4 Å². The van der Waals surface area contributed by atoms with Gasteiger partial charge in [0, 0.05) is 0 Å². The maximum atomic E-state index is 5.57. The summed E-state index contributed by atoms with van der Waals surface area (Å²) in [4.78, 5) is 4.11. The number of nitrogens with two attached hydrogens (primary N) is 1. The second kappa shape index (κ2) is 4.59. The molecule has 1 aromatic rings. The van der Waals surface area contributed by atoms with E-state index < -0.39 is 0 Å². The number of nitrogen functional groups attached to an aromatic ring is 1. The molecule has 1 saturated heterocycles. The summed E-state index contributed by atoms with van der Waals surface area (Å²) < 4.78 is 10.7. The minimum Gasteiger partial charge on any atom is -0.389 e. The summed E-state index contributed by atoms with van der Waals surface area (Å²) in [5.41, 5.74) is 5.57. The molecule has 2 rings (SSSR count). The molecule has 6 heteroatoms. The first kappa shape index (κ1) is 9.70. The van der Waals surface area contributed by atoms with Crippen LogP contribution in [0.3, 0.4) is 0 Å². The molecule has 0 radical (unpaired) electrons. The monoisotopic (exact) mass is 215 g/mol. The molecule has 3 N–H and O–H groups in total. The van der Waals surface area contributed by atoms with Crippen LogP contribution in [0.1, 0.15) is 0 Å². The van der Waals surface area contributed by atoms with Gasteiger partial charge in [0.15, 0.2) is 5.13 Å². The first-order chi connectivity index (χ1) is 6.84. The Balaban J connectivity index is 1.89. The molecule has 1 fully saturated rings. The van der Waals surface area contributed by atoms with Gasteiger partial charge in [-0.05, 0) is 0 Å². The van der Waals surface area contributed by atoms with Gasteiger partial charge in [-0.15, -0.1) is 0 Å². The summed E-state index contributed by atoms with van der Waals surface area (Å²) in [7, 11) is 0. The van der Waals surface area contributed by atoms with Gasteiger partial charge in [-0.25, -0.2) is 4.98 Å². The van der Waals surface area contributed by atoms with Crippen LogP contribution < -0.4 is 11.1 Å². The Kier molecular flexibility index (Phi) is 3.18. The molecule has 2 heterocycles. The summed E-state index contributed by atoms with van der Waals surface area (Å²) in [6.45, 7) is 2.63. The van der Waals surface area contributed by atoms with Gasteiger partial charge >= 0.3 is 0 Å². The first-order valence-corrected chi connectivity index (χ1v) is 5.29. The SMILES string of the molecule is Nc1cnc(NC2COCCOC2)s1. The quantitative estimate of drug-likeness (QED) is 0.754. The van der Waals surface area contributed by atoms with E-state index in [9.17, 15) is 0 Å². The minimum atomic E-state index is 0.169. The van der Waals surface area contributed by atoms with Gasteiger partial charge in [-0.1, -0.05) is 11.3 Å². The second-order valence-electron chi connectivity index (χ2n) is 3.06. The average Bonchev–Trinajstić information content (AvgIpc) is 2.43. The lowest BCUT2D eigenvalue weighted by Gasteiger charge is -2.13. The fourth-order valence-corrected chi connectivity index (χ4v) is 1.89. The van der Waals surface area contributed by atoms with E-state index in [1.807, 2.05) is 0 Å². The summed E-state index contributed by atoms with van der Waals surface area (Å²) in [5, 5.41) is 4.75. The van der Waals surface area contributed by atoms with Crippen LogP contribution in [0.15, 0.2) is 6.20 Å². The van der Waals surface area contributed by atoms with E-state index in [0.29, 0.717) is 31.4 Å². The van der Waals surface area contributed by atoms with Crippen LogP contribution in [0.25, 0.3) is 0 Å². The molecule has 0 unspecified atom stereocenters. The standard InChI is InChI=1S/C8H13N3O2S/c9-7-3-10-8(14-7)11-6-4-12-1-2-13-5-6/h3,6H,1-2,4-5,9H2,(H,10,11). The smallest absolute Gasteiger partial charge is 0.184 e. The number of nitrogens with one attached hydrogen (secondary N) is 1. The van der Waals surface area contributed by atoms with Crippen molar-refractivity contribution in [2.45, 2.75) is 6.04 Å². The molecular formula is C8H13N3O2S. The number of hydrogen-bond acceptors (Lipinski definition) is 6. The highest BCUT2D eigenvalue weighted by Crippen LogP contribution is 2.20. The van der Waals surface area contributed by atoms with E-state index >= 15 is 0 Å². The zero-order chi connectivity index (χ0) is 9.80. The summed E-state index contributed by atoms with van der Waals surface area (Å²) in [5.74, 6) is 0. The van der Waals surface area contributed by atoms with E-state index in [0.717, 1.165) is 5.13 Å². The second-order valence-corrected chi connectivity index (χ2v) is 4.12. The molecule has 78 valence electrons. The van der Waals surface area contributed by atoms with Gasteiger partial charge in [0.05, 0.1) is 38.7 Å². The van der Waals surface area contributed by atoms with E-state index in [4.69, 9.17) is 15.2 Å². The lowest BCUT2D eigenvalue weighted by Crippen LogP contribution is -2.28. The van der Waals surface area contributed by atoms with Crippen molar-refractivity contribution in [2.24, 2.45) is 0 Å². The Labute approximate surface area is 86.2 Å². The predicted molar refractivity (Wildman–Crippen MR) is 55.6 cm³/mol. The maximum absolute atomic E-state index is 5.57. The molecular weight excluding hydrogens is 202 g/mol. The van der Waals surface area contributed by atoms with E-state index in [1.54, 1.807) is 6.20 Å². The van der Waals surface area contributed by atoms with Crippen molar-refractivity contribution in [3.05, 3.63) is 6.20 Å². The first-order valence-electron chi connectivity index (χ1n) is 4.48. The van der Waals surface area contributed by atoms with Gasteiger partial charge in [0.2, 0.25) is 0 Å². The third kappa shape index (κ3) is 2.57. The summed E-state index contributed by atoms with van der Waals surface area (Å²) in [6, 6.07) is 0.169. The zero-order valence-electron chi connectivity index (χ0n) is 7.73. The van der Waals surface area contributed by atoms with Gasteiger partial charge in [0.25, 0.3) is 0 Å². The van der Waals surface area contributed by atoms with Crippen LogP contribution in [0.2, 0.25) is 0 Å². The highest BCUT2D eigenvalue weighted by Gasteiger charge is 2.13. The molecule has 14 heavy (non-hydrogen) atoms. The highest BCUT2D eigenvalue weighted by molar-refractivity contribution is 7.19. The van der Waals surface area contributed by atoms with E-state index in [-0.39, 0.29) is 6.04 Å². The van der Waals surface area contributed by atoms with Gasteiger partial charge in [0.1, 0.15) is 5.00 Å². The van der Waals surface area contributed by atoms with Crippen LogP contribution >= 0.6 is 11.3 Å². The van der Waals surface area contributed by atoms with Crippen molar-refractivity contribution < 1.29 is 9.47 Å².